The Morgan fingerprint density at radius 3 is 2.68 bits per heavy atom. The van der Waals surface area contributed by atoms with Crippen LogP contribution in [-0.2, 0) is 18.0 Å². The van der Waals surface area contributed by atoms with E-state index in [-0.39, 0.29) is 19.2 Å². The fourth-order valence-corrected chi connectivity index (χ4v) is 3.12. The van der Waals surface area contributed by atoms with Crippen molar-refractivity contribution < 1.29 is 14.6 Å². The topological polar surface area (TPSA) is 63.8 Å². The Balaban J connectivity index is 1.75. The third kappa shape index (κ3) is 2.91. The molecule has 0 bridgehead atoms. The molecule has 4 rings (SSSR count). The Labute approximate surface area is 145 Å². The molecular weight excluding hydrogens is 316 g/mol. The van der Waals surface area contributed by atoms with Crippen LogP contribution in [0.2, 0.25) is 0 Å². The minimum absolute atomic E-state index is 0.140. The minimum Gasteiger partial charge on any atom is -0.457 e. The summed E-state index contributed by atoms with van der Waals surface area (Å²) in [7, 11) is 0. The maximum Gasteiger partial charge on any atom is 0.342 e. The molecule has 2 heterocycles. The Morgan fingerprint density at radius 1 is 1.24 bits per heavy atom. The normalized spacial score (nSPS) is 14.0. The molecule has 1 aromatic carbocycles. The summed E-state index contributed by atoms with van der Waals surface area (Å²) in [6, 6.07) is 13.4. The number of carbonyl (C=O) groups excluding carboxylic acids is 1. The average Bonchev–Trinajstić information content (AvgIpc) is 3.41. The Hall–Kier alpha value is -2.66. The maximum atomic E-state index is 12.9. The second-order valence-electron chi connectivity index (χ2n) is 6.51. The van der Waals surface area contributed by atoms with Crippen molar-refractivity contribution in [1.82, 2.24) is 9.61 Å². The number of hydrogen-bond acceptors (Lipinski definition) is 4. The second-order valence-corrected chi connectivity index (χ2v) is 6.51. The highest BCUT2D eigenvalue weighted by Gasteiger charge is 2.34. The molecule has 1 aliphatic rings. The van der Waals surface area contributed by atoms with Crippen molar-refractivity contribution in [1.29, 1.82) is 0 Å². The third-order valence-electron chi connectivity index (χ3n) is 4.63. The van der Waals surface area contributed by atoms with Gasteiger partial charge in [0.1, 0.15) is 12.2 Å². The van der Waals surface area contributed by atoms with Crippen LogP contribution in [0.25, 0.3) is 5.52 Å². The predicted molar refractivity (Wildman–Crippen MR) is 93.4 cm³/mol. The van der Waals surface area contributed by atoms with E-state index in [0.717, 1.165) is 29.8 Å². The smallest absolute Gasteiger partial charge is 0.342 e. The second kappa shape index (κ2) is 6.33. The van der Waals surface area contributed by atoms with Crippen LogP contribution in [-0.4, -0.2) is 20.7 Å². The van der Waals surface area contributed by atoms with Crippen molar-refractivity contribution in [2.75, 3.05) is 0 Å². The number of pyridine rings is 1. The van der Waals surface area contributed by atoms with Crippen LogP contribution in [0.4, 0.5) is 0 Å². The first-order valence-corrected chi connectivity index (χ1v) is 8.52. The highest BCUT2D eigenvalue weighted by atomic mass is 16.5. The average molecular weight is 336 g/mol. The van der Waals surface area contributed by atoms with Gasteiger partial charge in [-0.2, -0.15) is 5.10 Å². The molecule has 25 heavy (non-hydrogen) atoms. The van der Waals surface area contributed by atoms with E-state index < -0.39 is 0 Å². The van der Waals surface area contributed by atoms with Crippen molar-refractivity contribution in [2.24, 2.45) is 0 Å². The Kier molecular flexibility index (Phi) is 4.01. The van der Waals surface area contributed by atoms with Crippen LogP contribution >= 0.6 is 0 Å². The standard InChI is InChI=1S/C20H20N2O3/c1-13-7-8-16(11-23)19-17(18(15-9-10-15)21-22(13)19)20(24)25-12-14-5-3-2-4-6-14/h2-8,15,23H,9-12H2,1H3. The van der Waals surface area contributed by atoms with Gasteiger partial charge in [-0.1, -0.05) is 36.4 Å². The number of ether oxygens (including phenoxy) is 1. The van der Waals surface area contributed by atoms with Crippen molar-refractivity contribution in [3.8, 4) is 0 Å². The zero-order valence-electron chi connectivity index (χ0n) is 14.1. The lowest BCUT2D eigenvalue weighted by Crippen LogP contribution is -2.08. The monoisotopic (exact) mass is 336 g/mol. The van der Waals surface area contributed by atoms with Gasteiger partial charge in [0.25, 0.3) is 0 Å². The van der Waals surface area contributed by atoms with Crippen molar-refractivity contribution >= 4 is 11.5 Å². The predicted octanol–water partition coefficient (Wildman–Crippen LogP) is 3.37. The molecule has 1 aliphatic carbocycles. The summed E-state index contributed by atoms with van der Waals surface area (Å²) in [6.45, 7) is 2.02. The van der Waals surface area contributed by atoms with Crippen molar-refractivity contribution in [3.05, 3.63) is 70.5 Å². The molecule has 3 aromatic rings. The number of aliphatic hydroxyl groups is 1. The van der Waals surface area contributed by atoms with Crippen LogP contribution in [0, 0.1) is 6.92 Å². The highest BCUT2D eigenvalue weighted by Crippen LogP contribution is 2.42. The van der Waals surface area contributed by atoms with Crippen molar-refractivity contribution in [3.63, 3.8) is 0 Å². The van der Waals surface area contributed by atoms with Crippen LogP contribution in [0.3, 0.4) is 0 Å². The van der Waals surface area contributed by atoms with Crippen molar-refractivity contribution in [2.45, 2.75) is 38.9 Å². The largest absolute Gasteiger partial charge is 0.457 e. The maximum absolute atomic E-state index is 12.9. The first-order chi connectivity index (χ1) is 12.2. The Morgan fingerprint density at radius 2 is 2.00 bits per heavy atom. The van der Waals surface area contributed by atoms with Gasteiger partial charge < -0.3 is 9.84 Å². The van der Waals surface area contributed by atoms with E-state index in [9.17, 15) is 9.90 Å². The van der Waals surface area contributed by atoms with Crippen LogP contribution in [0.15, 0.2) is 42.5 Å². The molecule has 0 amide bonds. The first-order valence-electron chi connectivity index (χ1n) is 8.52. The van der Waals surface area contributed by atoms with Gasteiger partial charge in [-0.25, -0.2) is 9.31 Å². The first kappa shape index (κ1) is 15.8. The number of aromatic nitrogens is 2. The van der Waals surface area contributed by atoms with Gasteiger partial charge in [0, 0.05) is 17.2 Å². The van der Waals surface area contributed by atoms with E-state index in [0.29, 0.717) is 22.6 Å². The molecule has 0 unspecified atom stereocenters. The molecule has 1 fully saturated rings. The van der Waals surface area contributed by atoms with Crippen LogP contribution in [0.1, 0.15) is 51.6 Å². The van der Waals surface area contributed by atoms with Crippen LogP contribution < -0.4 is 0 Å². The highest BCUT2D eigenvalue weighted by molar-refractivity contribution is 5.99. The molecule has 128 valence electrons. The molecule has 1 saturated carbocycles. The summed E-state index contributed by atoms with van der Waals surface area (Å²) in [5, 5.41) is 14.4. The van der Waals surface area contributed by atoms with E-state index in [2.05, 4.69) is 5.10 Å². The van der Waals surface area contributed by atoms with Gasteiger partial charge >= 0.3 is 5.97 Å². The molecular formula is C20H20N2O3. The summed E-state index contributed by atoms with van der Waals surface area (Å²) in [4.78, 5) is 12.9. The summed E-state index contributed by atoms with van der Waals surface area (Å²) in [5.41, 5.74) is 4.53. The molecule has 0 atom stereocenters. The van der Waals surface area contributed by atoms with E-state index >= 15 is 0 Å². The molecule has 0 spiro atoms. The van der Waals surface area contributed by atoms with E-state index in [1.165, 1.54) is 0 Å². The number of esters is 1. The van der Waals surface area contributed by atoms with E-state index in [1.807, 2.05) is 49.4 Å². The quantitative estimate of drug-likeness (QED) is 0.726. The van der Waals surface area contributed by atoms with E-state index in [4.69, 9.17) is 4.74 Å². The Bertz CT molecular complexity index is 927. The zero-order chi connectivity index (χ0) is 17.4. The summed E-state index contributed by atoms with van der Waals surface area (Å²) < 4.78 is 7.33. The number of benzene rings is 1. The zero-order valence-corrected chi connectivity index (χ0v) is 14.1. The van der Waals surface area contributed by atoms with Gasteiger partial charge in [0.05, 0.1) is 17.8 Å². The molecule has 0 radical (unpaired) electrons. The number of aliphatic hydroxyl groups excluding tert-OH is 1. The number of nitrogens with zero attached hydrogens (tertiary/aromatic N) is 2. The minimum atomic E-state index is -0.374. The molecule has 1 N–H and O–H groups in total. The number of carbonyl (C=O) groups is 1. The van der Waals surface area contributed by atoms with Gasteiger partial charge in [-0.05, 0) is 31.4 Å². The number of hydrogen-bond donors (Lipinski definition) is 1. The molecule has 0 saturated heterocycles. The van der Waals surface area contributed by atoms with Gasteiger partial charge in [-0.3, -0.25) is 0 Å². The molecule has 5 heteroatoms. The SMILES string of the molecule is Cc1ccc(CO)c2c(C(=O)OCc3ccccc3)c(C3CC3)nn12. The third-order valence-corrected chi connectivity index (χ3v) is 4.63. The van der Waals surface area contributed by atoms with E-state index in [1.54, 1.807) is 4.52 Å². The summed E-state index contributed by atoms with van der Waals surface area (Å²) in [6.07, 6.45) is 2.08. The lowest BCUT2D eigenvalue weighted by molar-refractivity contribution is 0.0473. The lowest BCUT2D eigenvalue weighted by Gasteiger charge is -2.08. The number of fused-ring (bicyclic) bond motifs is 1. The fourth-order valence-electron chi connectivity index (χ4n) is 3.12. The van der Waals surface area contributed by atoms with Gasteiger partial charge in [0.2, 0.25) is 0 Å². The van der Waals surface area contributed by atoms with Crippen LogP contribution in [0.5, 0.6) is 0 Å². The summed E-state index contributed by atoms with van der Waals surface area (Å²) >= 11 is 0. The molecule has 2 aromatic heterocycles. The molecule has 5 nitrogen and oxygen atoms in total. The number of rotatable bonds is 5. The van der Waals surface area contributed by atoms with Gasteiger partial charge in [0.15, 0.2) is 0 Å². The molecule has 0 aliphatic heterocycles. The van der Waals surface area contributed by atoms with Gasteiger partial charge in [-0.15, -0.1) is 0 Å². The number of aryl methyl sites for hydroxylation is 1. The summed E-state index contributed by atoms with van der Waals surface area (Å²) in [5.74, 6) is -0.0637. The lowest BCUT2D eigenvalue weighted by atomic mass is 10.1. The fraction of sp³-hybridized carbons (Fsp3) is 0.300.